The molecule has 0 aliphatic rings. The Balaban J connectivity index is 2.52. The molecule has 18 heavy (non-hydrogen) atoms. The molecule has 1 heterocycles. The molecular formula is C14H16N2O2. The Morgan fingerprint density at radius 3 is 2.83 bits per heavy atom. The first-order valence-corrected chi connectivity index (χ1v) is 5.99. The van der Waals surface area contributed by atoms with Crippen LogP contribution in [0.25, 0.3) is 11.3 Å². The smallest absolute Gasteiger partial charge is 0.335 e. The predicted molar refractivity (Wildman–Crippen MR) is 69.7 cm³/mol. The summed E-state index contributed by atoms with van der Waals surface area (Å²) >= 11 is 0. The van der Waals surface area contributed by atoms with E-state index in [1.807, 2.05) is 23.7 Å². The number of carbonyl (C=O) groups is 1. The summed E-state index contributed by atoms with van der Waals surface area (Å²) in [7, 11) is 0. The Morgan fingerprint density at radius 2 is 2.17 bits per heavy atom. The highest BCUT2D eigenvalue weighted by molar-refractivity contribution is 5.89. The topological polar surface area (TPSA) is 55.1 Å². The van der Waals surface area contributed by atoms with Gasteiger partial charge in [0.25, 0.3) is 0 Å². The van der Waals surface area contributed by atoms with E-state index in [-0.39, 0.29) is 0 Å². The number of nitrogens with zero attached hydrogens (tertiary/aromatic N) is 2. The van der Waals surface area contributed by atoms with Crippen LogP contribution in [0.1, 0.15) is 29.3 Å². The number of carboxylic acids is 1. The molecule has 0 radical (unpaired) electrons. The lowest BCUT2D eigenvalue weighted by atomic mass is 10.0. The number of aryl methyl sites for hydroxylation is 2. The molecule has 94 valence electrons. The first kappa shape index (κ1) is 12.4. The van der Waals surface area contributed by atoms with Crippen LogP contribution >= 0.6 is 0 Å². The van der Waals surface area contributed by atoms with Gasteiger partial charge in [-0.05, 0) is 37.1 Å². The maximum Gasteiger partial charge on any atom is 0.335 e. The predicted octanol–water partition coefficient (Wildman–Crippen LogP) is 2.97. The highest BCUT2D eigenvalue weighted by Gasteiger charge is 2.11. The number of benzene rings is 1. The molecule has 4 nitrogen and oxygen atoms in total. The van der Waals surface area contributed by atoms with Gasteiger partial charge < -0.3 is 5.11 Å². The van der Waals surface area contributed by atoms with E-state index in [1.165, 1.54) is 0 Å². The summed E-state index contributed by atoms with van der Waals surface area (Å²) in [6.07, 6.45) is 2.74. The fourth-order valence-corrected chi connectivity index (χ4v) is 1.98. The maximum atomic E-state index is 11.0. The van der Waals surface area contributed by atoms with Crippen molar-refractivity contribution in [1.82, 2.24) is 9.78 Å². The number of aromatic nitrogens is 2. The van der Waals surface area contributed by atoms with Crippen molar-refractivity contribution in [2.45, 2.75) is 26.8 Å². The van der Waals surface area contributed by atoms with E-state index in [0.29, 0.717) is 5.56 Å². The summed E-state index contributed by atoms with van der Waals surface area (Å²) < 4.78 is 1.91. The summed E-state index contributed by atoms with van der Waals surface area (Å²) in [4.78, 5) is 11.0. The number of aromatic carboxylic acids is 1. The van der Waals surface area contributed by atoms with E-state index < -0.39 is 5.97 Å². The maximum absolute atomic E-state index is 11.0. The summed E-state index contributed by atoms with van der Waals surface area (Å²) in [5.74, 6) is -0.905. The molecule has 1 N–H and O–H groups in total. The molecule has 1 aromatic heterocycles. The lowest BCUT2D eigenvalue weighted by Gasteiger charge is -2.10. The first-order valence-electron chi connectivity index (χ1n) is 5.99. The van der Waals surface area contributed by atoms with Crippen LogP contribution in [-0.2, 0) is 6.54 Å². The summed E-state index contributed by atoms with van der Waals surface area (Å²) in [6, 6.07) is 7.09. The minimum absolute atomic E-state index is 0.305. The minimum Gasteiger partial charge on any atom is -0.478 e. The highest BCUT2D eigenvalue weighted by Crippen LogP contribution is 2.24. The second-order valence-electron chi connectivity index (χ2n) is 4.27. The van der Waals surface area contributed by atoms with E-state index in [1.54, 1.807) is 18.3 Å². The molecule has 0 unspecified atom stereocenters. The molecule has 0 aliphatic carbocycles. The van der Waals surface area contributed by atoms with Crippen molar-refractivity contribution in [2.24, 2.45) is 0 Å². The SMILES string of the molecule is CCCn1nccc1-c1cc(C(=O)O)ccc1C. The monoisotopic (exact) mass is 244 g/mol. The molecule has 2 rings (SSSR count). The normalized spacial score (nSPS) is 10.6. The van der Waals surface area contributed by atoms with Gasteiger partial charge in [-0.1, -0.05) is 13.0 Å². The van der Waals surface area contributed by atoms with Gasteiger partial charge in [0.1, 0.15) is 0 Å². The van der Waals surface area contributed by atoms with Gasteiger partial charge in [-0.2, -0.15) is 5.10 Å². The Hall–Kier alpha value is -2.10. The Labute approximate surface area is 106 Å². The van der Waals surface area contributed by atoms with Crippen LogP contribution in [0.15, 0.2) is 30.5 Å². The second kappa shape index (κ2) is 5.04. The minimum atomic E-state index is -0.905. The van der Waals surface area contributed by atoms with Crippen molar-refractivity contribution >= 4 is 5.97 Å². The third kappa shape index (κ3) is 2.27. The molecule has 4 heteroatoms. The van der Waals surface area contributed by atoms with Gasteiger partial charge in [-0.25, -0.2) is 4.79 Å². The van der Waals surface area contributed by atoms with Gasteiger partial charge in [-0.15, -0.1) is 0 Å². The average molecular weight is 244 g/mol. The number of rotatable bonds is 4. The largest absolute Gasteiger partial charge is 0.478 e. The standard InChI is InChI=1S/C14H16N2O2/c1-3-8-16-13(6-7-15-16)12-9-11(14(17)18)5-4-10(12)2/h4-7,9H,3,8H2,1-2H3,(H,17,18). The van der Waals surface area contributed by atoms with Gasteiger partial charge in [-0.3, -0.25) is 4.68 Å². The molecule has 0 aliphatic heterocycles. The van der Waals surface area contributed by atoms with Crippen molar-refractivity contribution in [3.63, 3.8) is 0 Å². The summed E-state index contributed by atoms with van der Waals surface area (Å²) in [5, 5.41) is 13.3. The van der Waals surface area contributed by atoms with Crippen LogP contribution in [0.4, 0.5) is 0 Å². The summed E-state index contributed by atoms with van der Waals surface area (Å²) in [5.41, 5.74) is 3.26. The van der Waals surface area contributed by atoms with Gasteiger partial charge >= 0.3 is 5.97 Å². The molecule has 0 amide bonds. The zero-order chi connectivity index (χ0) is 13.1. The molecule has 0 saturated heterocycles. The fraction of sp³-hybridized carbons (Fsp3) is 0.286. The van der Waals surface area contributed by atoms with Crippen LogP contribution < -0.4 is 0 Å². The number of hydrogen-bond acceptors (Lipinski definition) is 2. The van der Waals surface area contributed by atoms with Crippen LogP contribution in [0.5, 0.6) is 0 Å². The van der Waals surface area contributed by atoms with Crippen molar-refractivity contribution < 1.29 is 9.90 Å². The Kier molecular flexibility index (Phi) is 3.46. The van der Waals surface area contributed by atoms with E-state index in [9.17, 15) is 4.79 Å². The van der Waals surface area contributed by atoms with E-state index in [4.69, 9.17) is 5.11 Å². The van der Waals surface area contributed by atoms with E-state index >= 15 is 0 Å². The zero-order valence-corrected chi connectivity index (χ0v) is 10.6. The van der Waals surface area contributed by atoms with Gasteiger partial charge in [0.05, 0.1) is 11.3 Å². The van der Waals surface area contributed by atoms with Crippen LogP contribution in [0.3, 0.4) is 0 Å². The highest BCUT2D eigenvalue weighted by atomic mass is 16.4. The van der Waals surface area contributed by atoms with Crippen LogP contribution in [0, 0.1) is 6.92 Å². The Morgan fingerprint density at radius 1 is 1.39 bits per heavy atom. The molecule has 0 bridgehead atoms. The van der Waals surface area contributed by atoms with Gasteiger partial charge in [0, 0.05) is 18.3 Å². The van der Waals surface area contributed by atoms with Crippen molar-refractivity contribution in [1.29, 1.82) is 0 Å². The molecule has 0 saturated carbocycles. The van der Waals surface area contributed by atoms with Crippen LogP contribution in [-0.4, -0.2) is 20.9 Å². The lowest BCUT2D eigenvalue weighted by molar-refractivity contribution is 0.0697. The zero-order valence-electron chi connectivity index (χ0n) is 10.6. The van der Waals surface area contributed by atoms with Crippen molar-refractivity contribution in [2.75, 3.05) is 0 Å². The molecular weight excluding hydrogens is 228 g/mol. The Bertz CT molecular complexity index is 573. The van der Waals surface area contributed by atoms with Gasteiger partial charge in [0.2, 0.25) is 0 Å². The average Bonchev–Trinajstić information content (AvgIpc) is 2.78. The first-order chi connectivity index (χ1) is 8.63. The second-order valence-corrected chi connectivity index (χ2v) is 4.27. The third-order valence-electron chi connectivity index (χ3n) is 2.91. The molecule has 1 aromatic carbocycles. The third-order valence-corrected chi connectivity index (χ3v) is 2.91. The van der Waals surface area contributed by atoms with Gasteiger partial charge in [0.15, 0.2) is 0 Å². The van der Waals surface area contributed by atoms with E-state index in [2.05, 4.69) is 12.0 Å². The molecule has 2 aromatic rings. The van der Waals surface area contributed by atoms with Crippen molar-refractivity contribution in [3.05, 3.63) is 41.6 Å². The van der Waals surface area contributed by atoms with Crippen molar-refractivity contribution in [3.8, 4) is 11.3 Å². The van der Waals surface area contributed by atoms with E-state index in [0.717, 1.165) is 29.8 Å². The number of hydrogen-bond donors (Lipinski definition) is 1. The molecule has 0 fully saturated rings. The molecule has 0 atom stereocenters. The van der Waals surface area contributed by atoms with Crippen LogP contribution in [0.2, 0.25) is 0 Å². The molecule has 0 spiro atoms. The summed E-state index contributed by atoms with van der Waals surface area (Å²) in [6.45, 7) is 4.90. The number of carboxylic acid groups (broad SMARTS) is 1. The fourth-order valence-electron chi connectivity index (χ4n) is 1.98. The quantitative estimate of drug-likeness (QED) is 0.899. The lowest BCUT2D eigenvalue weighted by Crippen LogP contribution is -2.03.